The zero-order valence-corrected chi connectivity index (χ0v) is 9.68. The van der Waals surface area contributed by atoms with Gasteiger partial charge in [-0.3, -0.25) is 4.90 Å². The van der Waals surface area contributed by atoms with Crippen molar-refractivity contribution in [3.05, 3.63) is 0 Å². The van der Waals surface area contributed by atoms with E-state index in [9.17, 15) is 8.78 Å². The van der Waals surface area contributed by atoms with Gasteiger partial charge in [0.25, 0.3) is 6.43 Å². The van der Waals surface area contributed by atoms with E-state index in [4.69, 9.17) is 0 Å². The molecule has 0 radical (unpaired) electrons. The first-order valence-corrected chi connectivity index (χ1v) is 5.87. The van der Waals surface area contributed by atoms with Gasteiger partial charge in [-0.1, -0.05) is 13.8 Å². The second kappa shape index (κ2) is 6.38. The summed E-state index contributed by atoms with van der Waals surface area (Å²) in [6, 6.07) is 0.513. The van der Waals surface area contributed by atoms with Crippen molar-refractivity contribution in [1.29, 1.82) is 0 Å². The maximum Gasteiger partial charge on any atom is 0.251 e. The largest absolute Gasteiger partial charge is 0.314 e. The Labute approximate surface area is 91.0 Å². The summed E-state index contributed by atoms with van der Waals surface area (Å²) in [5.74, 6) is 0.476. The van der Waals surface area contributed by atoms with E-state index in [0.717, 1.165) is 32.5 Å². The van der Waals surface area contributed by atoms with Crippen LogP contribution in [0.2, 0.25) is 0 Å². The second-order valence-electron chi connectivity index (χ2n) is 4.48. The number of alkyl halides is 2. The summed E-state index contributed by atoms with van der Waals surface area (Å²) < 4.78 is 24.4. The Morgan fingerprint density at radius 2 is 2.20 bits per heavy atom. The van der Waals surface area contributed by atoms with Crippen LogP contribution in [0.5, 0.6) is 0 Å². The quantitative estimate of drug-likeness (QED) is 0.762. The van der Waals surface area contributed by atoms with Crippen LogP contribution < -0.4 is 5.32 Å². The van der Waals surface area contributed by atoms with E-state index >= 15 is 0 Å². The lowest BCUT2D eigenvalue weighted by Crippen LogP contribution is -2.49. The Hall–Kier alpha value is -0.220. The van der Waals surface area contributed by atoms with Gasteiger partial charge in [-0.25, -0.2) is 8.78 Å². The molecule has 90 valence electrons. The standard InChI is InChI=1S/C11H22F2N2/c1-3-5-14-10-4-6-15(7-9(10)2)8-11(12)13/h9-11,14H,3-8H2,1-2H3. The van der Waals surface area contributed by atoms with Crippen LogP contribution in [0.4, 0.5) is 8.78 Å². The van der Waals surface area contributed by atoms with Crippen molar-refractivity contribution in [3.8, 4) is 0 Å². The topological polar surface area (TPSA) is 15.3 Å². The smallest absolute Gasteiger partial charge is 0.251 e. The lowest BCUT2D eigenvalue weighted by molar-refractivity contribution is 0.0578. The second-order valence-corrected chi connectivity index (χ2v) is 4.48. The first-order chi connectivity index (χ1) is 7.13. The summed E-state index contributed by atoms with van der Waals surface area (Å²) in [5.41, 5.74) is 0. The summed E-state index contributed by atoms with van der Waals surface area (Å²) in [6.45, 7) is 6.85. The van der Waals surface area contributed by atoms with Gasteiger partial charge >= 0.3 is 0 Å². The molecule has 0 aliphatic carbocycles. The van der Waals surface area contributed by atoms with Gasteiger partial charge in [-0.15, -0.1) is 0 Å². The molecule has 0 aromatic carbocycles. The number of likely N-dealkylation sites (tertiary alicyclic amines) is 1. The van der Waals surface area contributed by atoms with E-state index in [1.54, 1.807) is 0 Å². The Morgan fingerprint density at radius 3 is 2.73 bits per heavy atom. The van der Waals surface area contributed by atoms with Gasteiger partial charge < -0.3 is 5.32 Å². The third-order valence-corrected chi connectivity index (χ3v) is 3.04. The molecule has 2 nitrogen and oxygen atoms in total. The van der Waals surface area contributed by atoms with E-state index in [2.05, 4.69) is 19.2 Å². The third-order valence-electron chi connectivity index (χ3n) is 3.04. The van der Waals surface area contributed by atoms with Crippen LogP contribution in [0.3, 0.4) is 0 Å². The average Bonchev–Trinajstić information content (AvgIpc) is 2.15. The van der Waals surface area contributed by atoms with E-state index in [1.807, 2.05) is 4.90 Å². The molecule has 1 aliphatic heterocycles. The highest BCUT2D eigenvalue weighted by atomic mass is 19.3. The minimum atomic E-state index is -2.20. The van der Waals surface area contributed by atoms with Crippen molar-refractivity contribution < 1.29 is 8.78 Å². The van der Waals surface area contributed by atoms with Crippen molar-refractivity contribution >= 4 is 0 Å². The molecule has 15 heavy (non-hydrogen) atoms. The highest BCUT2D eigenvalue weighted by Gasteiger charge is 2.26. The molecule has 1 heterocycles. The molecule has 2 atom stereocenters. The van der Waals surface area contributed by atoms with Crippen molar-refractivity contribution in [1.82, 2.24) is 10.2 Å². The SMILES string of the molecule is CCCNC1CCN(CC(F)F)CC1C. The fraction of sp³-hybridized carbons (Fsp3) is 1.00. The molecule has 1 fully saturated rings. The molecule has 4 heteroatoms. The molecule has 0 aromatic rings. The minimum Gasteiger partial charge on any atom is -0.314 e. The Bertz CT molecular complexity index is 176. The van der Waals surface area contributed by atoms with Crippen LogP contribution in [-0.4, -0.2) is 43.5 Å². The zero-order chi connectivity index (χ0) is 11.3. The van der Waals surface area contributed by atoms with Gasteiger partial charge in [0.2, 0.25) is 0 Å². The highest BCUT2D eigenvalue weighted by molar-refractivity contribution is 4.82. The lowest BCUT2D eigenvalue weighted by Gasteiger charge is -2.37. The molecule has 0 amide bonds. The Balaban J connectivity index is 2.27. The fourth-order valence-corrected chi connectivity index (χ4v) is 2.23. The lowest BCUT2D eigenvalue weighted by atomic mass is 9.94. The van der Waals surface area contributed by atoms with Crippen molar-refractivity contribution in [2.75, 3.05) is 26.2 Å². The van der Waals surface area contributed by atoms with Crippen LogP contribution in [0, 0.1) is 5.92 Å². The van der Waals surface area contributed by atoms with Gasteiger partial charge in [0, 0.05) is 12.6 Å². The maximum atomic E-state index is 12.2. The predicted molar refractivity (Wildman–Crippen MR) is 58.3 cm³/mol. The monoisotopic (exact) mass is 220 g/mol. The fourth-order valence-electron chi connectivity index (χ4n) is 2.23. The van der Waals surface area contributed by atoms with Crippen molar-refractivity contribution in [3.63, 3.8) is 0 Å². The summed E-state index contributed by atoms with van der Waals surface area (Å²) in [7, 11) is 0. The van der Waals surface area contributed by atoms with Gasteiger partial charge in [-0.2, -0.15) is 0 Å². The van der Waals surface area contributed by atoms with Gasteiger partial charge in [0.1, 0.15) is 0 Å². The van der Waals surface area contributed by atoms with E-state index in [0.29, 0.717) is 12.0 Å². The van der Waals surface area contributed by atoms with Gasteiger partial charge in [0.05, 0.1) is 6.54 Å². The zero-order valence-electron chi connectivity index (χ0n) is 9.68. The van der Waals surface area contributed by atoms with E-state index in [-0.39, 0.29) is 6.54 Å². The number of piperidine rings is 1. The Morgan fingerprint density at radius 1 is 1.47 bits per heavy atom. The number of hydrogen-bond donors (Lipinski definition) is 1. The molecular formula is C11H22F2N2. The molecule has 2 unspecified atom stereocenters. The van der Waals surface area contributed by atoms with Crippen LogP contribution in [0.1, 0.15) is 26.7 Å². The molecule has 0 aromatic heterocycles. The predicted octanol–water partition coefficient (Wildman–Crippen LogP) is 1.96. The minimum absolute atomic E-state index is 0.0646. The molecule has 1 rings (SSSR count). The molecular weight excluding hydrogens is 198 g/mol. The first kappa shape index (κ1) is 12.8. The molecule has 1 N–H and O–H groups in total. The van der Waals surface area contributed by atoms with Crippen LogP contribution in [-0.2, 0) is 0 Å². The van der Waals surface area contributed by atoms with Crippen molar-refractivity contribution in [2.45, 2.75) is 39.2 Å². The number of hydrogen-bond acceptors (Lipinski definition) is 2. The number of nitrogens with zero attached hydrogens (tertiary/aromatic N) is 1. The molecule has 0 saturated carbocycles. The maximum absolute atomic E-state index is 12.2. The van der Waals surface area contributed by atoms with E-state index < -0.39 is 6.43 Å². The summed E-state index contributed by atoms with van der Waals surface area (Å²) in [6.07, 6.45) is -0.0740. The van der Waals surface area contributed by atoms with Crippen LogP contribution >= 0.6 is 0 Å². The Kier molecular flexibility index (Phi) is 5.47. The number of nitrogens with one attached hydrogen (secondary N) is 1. The highest BCUT2D eigenvalue weighted by Crippen LogP contribution is 2.17. The summed E-state index contributed by atoms with van der Waals surface area (Å²) in [4.78, 5) is 1.87. The third kappa shape index (κ3) is 4.43. The first-order valence-electron chi connectivity index (χ1n) is 5.87. The van der Waals surface area contributed by atoms with Crippen LogP contribution in [0.15, 0.2) is 0 Å². The molecule has 0 spiro atoms. The van der Waals surface area contributed by atoms with Gasteiger partial charge in [0.15, 0.2) is 0 Å². The van der Waals surface area contributed by atoms with Gasteiger partial charge in [-0.05, 0) is 31.8 Å². The molecule has 1 aliphatic rings. The molecule has 0 bridgehead atoms. The number of halogens is 2. The normalized spacial score (nSPS) is 28.6. The number of rotatable bonds is 5. The van der Waals surface area contributed by atoms with Crippen molar-refractivity contribution in [2.24, 2.45) is 5.92 Å². The summed E-state index contributed by atoms with van der Waals surface area (Å²) >= 11 is 0. The van der Waals surface area contributed by atoms with E-state index in [1.165, 1.54) is 0 Å². The molecule has 1 saturated heterocycles. The summed E-state index contributed by atoms with van der Waals surface area (Å²) in [5, 5.41) is 3.48. The van der Waals surface area contributed by atoms with Crippen LogP contribution in [0.25, 0.3) is 0 Å². The average molecular weight is 220 g/mol.